The van der Waals surface area contributed by atoms with Gasteiger partial charge in [0, 0.05) is 19.3 Å². The van der Waals surface area contributed by atoms with Crippen LogP contribution in [0.25, 0.3) is 0 Å². The summed E-state index contributed by atoms with van der Waals surface area (Å²) in [6.45, 7) is 1.38. The third-order valence-corrected chi connectivity index (χ3v) is 1.98. The molecule has 1 aromatic rings. The molecule has 1 N–H and O–H groups in total. The lowest BCUT2D eigenvalue weighted by atomic mass is 10.2. The number of pyridine rings is 1. The van der Waals surface area contributed by atoms with E-state index in [4.69, 9.17) is 5.26 Å². The molecule has 0 spiro atoms. The van der Waals surface area contributed by atoms with Gasteiger partial charge in [0.2, 0.25) is 0 Å². The number of likely N-dealkylation sites (N-methyl/N-ethyl adjacent to an activating group) is 1. The summed E-state index contributed by atoms with van der Waals surface area (Å²) >= 11 is 0. The Kier molecular flexibility index (Phi) is 4.42. The second kappa shape index (κ2) is 5.83. The molecule has 0 aliphatic rings. The van der Waals surface area contributed by atoms with E-state index in [9.17, 15) is 4.79 Å². The summed E-state index contributed by atoms with van der Waals surface area (Å²) in [7, 11) is 3.88. The highest BCUT2D eigenvalue weighted by atomic mass is 16.1. The Morgan fingerprint density at radius 3 is 2.81 bits per heavy atom. The van der Waals surface area contributed by atoms with Gasteiger partial charge >= 0.3 is 0 Å². The smallest absolute Gasteiger partial charge is 0.252 e. The first-order valence-corrected chi connectivity index (χ1v) is 4.92. The molecule has 5 heteroatoms. The lowest BCUT2D eigenvalue weighted by Crippen LogP contribution is -2.31. The maximum atomic E-state index is 11.6. The van der Waals surface area contributed by atoms with Gasteiger partial charge in [0.1, 0.15) is 11.8 Å². The standard InChI is InChI=1S/C11H14N4O/c1-15(2)6-5-13-11(16)9-3-4-10(7-12)14-8-9/h3-4,8H,5-6H2,1-2H3,(H,13,16). The Hall–Kier alpha value is -1.93. The molecule has 0 unspecified atom stereocenters. The van der Waals surface area contributed by atoms with Gasteiger partial charge in [-0.05, 0) is 26.2 Å². The van der Waals surface area contributed by atoms with Gasteiger partial charge in [-0.1, -0.05) is 0 Å². The molecule has 0 atom stereocenters. The van der Waals surface area contributed by atoms with Gasteiger partial charge in [0.15, 0.2) is 0 Å². The van der Waals surface area contributed by atoms with Crippen molar-refractivity contribution in [2.24, 2.45) is 0 Å². The van der Waals surface area contributed by atoms with Crippen molar-refractivity contribution < 1.29 is 4.79 Å². The van der Waals surface area contributed by atoms with Crippen LogP contribution in [0.3, 0.4) is 0 Å². The van der Waals surface area contributed by atoms with E-state index >= 15 is 0 Å². The molecule has 0 saturated heterocycles. The second-order valence-corrected chi connectivity index (χ2v) is 3.60. The lowest BCUT2D eigenvalue weighted by molar-refractivity contribution is 0.0950. The monoisotopic (exact) mass is 218 g/mol. The molecule has 16 heavy (non-hydrogen) atoms. The van der Waals surface area contributed by atoms with Crippen LogP contribution >= 0.6 is 0 Å². The zero-order valence-corrected chi connectivity index (χ0v) is 9.40. The maximum absolute atomic E-state index is 11.6. The number of carbonyl (C=O) groups is 1. The largest absolute Gasteiger partial charge is 0.351 e. The number of carbonyl (C=O) groups excluding carboxylic acids is 1. The van der Waals surface area contributed by atoms with Crippen molar-refractivity contribution in [1.29, 1.82) is 5.26 Å². The molecule has 0 saturated carbocycles. The van der Waals surface area contributed by atoms with Crippen LogP contribution in [0.4, 0.5) is 0 Å². The van der Waals surface area contributed by atoms with Crippen molar-refractivity contribution in [3.05, 3.63) is 29.6 Å². The van der Waals surface area contributed by atoms with Crippen LogP contribution in [0.1, 0.15) is 16.1 Å². The Morgan fingerprint density at radius 1 is 1.56 bits per heavy atom. The average molecular weight is 218 g/mol. The Morgan fingerprint density at radius 2 is 2.31 bits per heavy atom. The normalized spacial score (nSPS) is 9.88. The first kappa shape index (κ1) is 12.1. The zero-order valence-electron chi connectivity index (χ0n) is 9.40. The molecule has 1 heterocycles. The van der Waals surface area contributed by atoms with E-state index in [1.165, 1.54) is 12.3 Å². The minimum Gasteiger partial charge on any atom is -0.351 e. The Balaban J connectivity index is 2.50. The number of nitriles is 1. The molecule has 0 bridgehead atoms. The minimum absolute atomic E-state index is 0.168. The SMILES string of the molecule is CN(C)CCNC(=O)c1ccc(C#N)nc1. The van der Waals surface area contributed by atoms with E-state index in [0.717, 1.165) is 6.54 Å². The molecule has 1 rings (SSSR count). The zero-order chi connectivity index (χ0) is 12.0. The van der Waals surface area contributed by atoms with Crippen LogP contribution in [-0.4, -0.2) is 43.0 Å². The van der Waals surface area contributed by atoms with E-state index < -0.39 is 0 Å². The minimum atomic E-state index is -0.168. The average Bonchev–Trinajstić information content (AvgIpc) is 2.28. The van der Waals surface area contributed by atoms with Crippen LogP contribution in [0.5, 0.6) is 0 Å². The van der Waals surface area contributed by atoms with Gasteiger partial charge in [0.05, 0.1) is 5.56 Å². The van der Waals surface area contributed by atoms with Gasteiger partial charge in [-0.3, -0.25) is 4.79 Å². The number of hydrogen-bond acceptors (Lipinski definition) is 4. The summed E-state index contributed by atoms with van der Waals surface area (Å²) in [5.74, 6) is -0.168. The fraction of sp³-hybridized carbons (Fsp3) is 0.364. The predicted molar refractivity (Wildman–Crippen MR) is 59.8 cm³/mol. The fourth-order valence-corrected chi connectivity index (χ4v) is 1.09. The molecular weight excluding hydrogens is 204 g/mol. The molecule has 0 aromatic carbocycles. The summed E-state index contributed by atoms with van der Waals surface area (Å²) in [5.41, 5.74) is 0.780. The van der Waals surface area contributed by atoms with Crippen LogP contribution in [-0.2, 0) is 0 Å². The number of nitrogens with one attached hydrogen (secondary N) is 1. The maximum Gasteiger partial charge on any atom is 0.252 e. The molecule has 0 aliphatic carbocycles. The van der Waals surface area contributed by atoms with Crippen molar-refractivity contribution in [1.82, 2.24) is 15.2 Å². The Bertz CT molecular complexity index is 391. The highest BCUT2D eigenvalue weighted by molar-refractivity contribution is 5.93. The Labute approximate surface area is 94.7 Å². The van der Waals surface area contributed by atoms with Gasteiger partial charge in [-0.15, -0.1) is 0 Å². The lowest BCUT2D eigenvalue weighted by Gasteiger charge is -2.10. The number of amides is 1. The van der Waals surface area contributed by atoms with E-state index in [-0.39, 0.29) is 5.91 Å². The number of hydrogen-bond donors (Lipinski definition) is 1. The highest BCUT2D eigenvalue weighted by Gasteiger charge is 2.05. The van der Waals surface area contributed by atoms with E-state index in [1.54, 1.807) is 6.07 Å². The van der Waals surface area contributed by atoms with E-state index in [2.05, 4.69) is 10.3 Å². The van der Waals surface area contributed by atoms with Crippen molar-refractivity contribution in [3.8, 4) is 6.07 Å². The first-order chi connectivity index (χ1) is 7.63. The summed E-state index contributed by atoms with van der Waals surface area (Å²) in [6.07, 6.45) is 1.41. The van der Waals surface area contributed by atoms with Crippen LogP contribution < -0.4 is 5.32 Å². The molecule has 1 aromatic heterocycles. The quantitative estimate of drug-likeness (QED) is 0.786. The number of rotatable bonds is 4. The molecule has 0 fully saturated rings. The first-order valence-electron chi connectivity index (χ1n) is 4.92. The topological polar surface area (TPSA) is 69.0 Å². The van der Waals surface area contributed by atoms with E-state index in [0.29, 0.717) is 17.8 Å². The molecular formula is C11H14N4O. The predicted octanol–water partition coefficient (Wildman–Crippen LogP) is 0.245. The van der Waals surface area contributed by atoms with Crippen LogP contribution in [0.2, 0.25) is 0 Å². The summed E-state index contributed by atoms with van der Waals surface area (Å²) < 4.78 is 0. The summed E-state index contributed by atoms with van der Waals surface area (Å²) in [6, 6.07) is 5.02. The summed E-state index contributed by atoms with van der Waals surface area (Å²) in [5, 5.41) is 11.3. The second-order valence-electron chi connectivity index (χ2n) is 3.60. The molecule has 84 valence electrons. The molecule has 5 nitrogen and oxygen atoms in total. The number of nitrogens with zero attached hydrogens (tertiary/aromatic N) is 3. The van der Waals surface area contributed by atoms with Crippen molar-refractivity contribution in [2.75, 3.05) is 27.2 Å². The number of aromatic nitrogens is 1. The molecule has 1 amide bonds. The highest BCUT2D eigenvalue weighted by Crippen LogP contribution is 1.98. The molecule has 0 radical (unpaired) electrons. The van der Waals surface area contributed by atoms with Crippen molar-refractivity contribution >= 4 is 5.91 Å². The van der Waals surface area contributed by atoms with Gasteiger partial charge in [-0.2, -0.15) is 5.26 Å². The fourth-order valence-electron chi connectivity index (χ4n) is 1.09. The third kappa shape index (κ3) is 3.67. The molecule has 0 aliphatic heterocycles. The van der Waals surface area contributed by atoms with Crippen molar-refractivity contribution in [2.45, 2.75) is 0 Å². The van der Waals surface area contributed by atoms with Gasteiger partial charge in [-0.25, -0.2) is 4.98 Å². The van der Waals surface area contributed by atoms with Gasteiger partial charge < -0.3 is 10.2 Å². The van der Waals surface area contributed by atoms with Crippen LogP contribution in [0, 0.1) is 11.3 Å². The third-order valence-electron chi connectivity index (χ3n) is 1.98. The van der Waals surface area contributed by atoms with Gasteiger partial charge in [0.25, 0.3) is 5.91 Å². The summed E-state index contributed by atoms with van der Waals surface area (Å²) in [4.78, 5) is 17.4. The van der Waals surface area contributed by atoms with Crippen LogP contribution in [0.15, 0.2) is 18.3 Å². The van der Waals surface area contributed by atoms with E-state index in [1.807, 2.05) is 25.1 Å². The van der Waals surface area contributed by atoms with Crippen molar-refractivity contribution in [3.63, 3.8) is 0 Å².